The number of nitrogens with one attached hydrogen (secondary N) is 1. The summed E-state index contributed by atoms with van der Waals surface area (Å²) in [7, 11) is 0. The number of rotatable bonds is 4. The lowest BCUT2D eigenvalue weighted by atomic mass is 10.1. The van der Waals surface area contributed by atoms with Crippen molar-refractivity contribution in [3.8, 4) is 11.3 Å². The molecule has 0 aliphatic rings. The van der Waals surface area contributed by atoms with E-state index < -0.39 is 0 Å². The van der Waals surface area contributed by atoms with E-state index >= 15 is 0 Å². The van der Waals surface area contributed by atoms with E-state index in [9.17, 15) is 4.79 Å². The van der Waals surface area contributed by atoms with Crippen LogP contribution in [-0.4, -0.2) is 16.0 Å². The summed E-state index contributed by atoms with van der Waals surface area (Å²) in [5.74, 6) is 0.256. The third-order valence-electron chi connectivity index (χ3n) is 3.36. The van der Waals surface area contributed by atoms with Crippen LogP contribution in [0.1, 0.15) is 28.7 Å². The van der Waals surface area contributed by atoms with Crippen molar-refractivity contribution in [2.45, 2.75) is 20.3 Å². The number of carbonyl (C=O) groups excluding carboxylic acids is 1. The van der Waals surface area contributed by atoms with Crippen molar-refractivity contribution in [1.29, 1.82) is 0 Å². The van der Waals surface area contributed by atoms with Gasteiger partial charge in [0.1, 0.15) is 11.3 Å². The van der Waals surface area contributed by atoms with E-state index in [0.29, 0.717) is 33.6 Å². The fourth-order valence-corrected chi connectivity index (χ4v) is 3.04. The topological polar surface area (TPSA) is 68.0 Å². The lowest BCUT2D eigenvalue weighted by Crippen LogP contribution is -2.14. The summed E-state index contributed by atoms with van der Waals surface area (Å²) in [5, 5.41) is 9.79. The van der Waals surface area contributed by atoms with Crippen molar-refractivity contribution in [3.05, 3.63) is 51.7 Å². The van der Waals surface area contributed by atoms with Crippen LogP contribution in [0.3, 0.4) is 0 Å². The first kappa shape index (κ1) is 15.7. The van der Waals surface area contributed by atoms with Crippen LogP contribution < -0.4 is 5.32 Å². The van der Waals surface area contributed by atoms with E-state index in [1.807, 2.05) is 36.6 Å². The van der Waals surface area contributed by atoms with Gasteiger partial charge >= 0.3 is 0 Å². The number of nitrogens with zero attached hydrogens (tertiary/aromatic N) is 2. The summed E-state index contributed by atoms with van der Waals surface area (Å²) in [6.07, 6.45) is 0.633. The molecule has 7 heteroatoms. The molecule has 0 bridgehead atoms. The van der Waals surface area contributed by atoms with E-state index in [0.717, 1.165) is 11.3 Å². The van der Waals surface area contributed by atoms with Crippen molar-refractivity contribution < 1.29 is 9.32 Å². The smallest absolute Gasteiger partial charge is 0.262 e. The summed E-state index contributed by atoms with van der Waals surface area (Å²) < 4.78 is 5.09. The highest BCUT2D eigenvalue weighted by molar-refractivity contribution is 7.14. The molecule has 0 spiro atoms. The highest BCUT2D eigenvalue weighted by Gasteiger charge is 2.20. The second-order valence-electron chi connectivity index (χ2n) is 4.91. The summed E-state index contributed by atoms with van der Waals surface area (Å²) in [6, 6.07) is 7.40. The van der Waals surface area contributed by atoms with Crippen LogP contribution >= 0.6 is 22.9 Å². The van der Waals surface area contributed by atoms with Crippen molar-refractivity contribution in [1.82, 2.24) is 10.1 Å². The van der Waals surface area contributed by atoms with E-state index in [1.165, 1.54) is 11.3 Å². The maximum Gasteiger partial charge on any atom is 0.262 e. The number of thiazole rings is 1. The number of aryl methyl sites for hydroxylation is 2. The molecule has 0 unspecified atom stereocenters. The van der Waals surface area contributed by atoms with Gasteiger partial charge in [-0.1, -0.05) is 35.8 Å². The maximum absolute atomic E-state index is 12.4. The molecule has 1 aromatic carbocycles. The molecule has 23 heavy (non-hydrogen) atoms. The minimum Gasteiger partial charge on any atom is -0.361 e. The molecule has 118 valence electrons. The van der Waals surface area contributed by atoms with Crippen LogP contribution in [0.5, 0.6) is 0 Å². The molecule has 0 aliphatic carbocycles. The van der Waals surface area contributed by atoms with E-state index in [-0.39, 0.29) is 5.91 Å². The molecule has 3 rings (SSSR count). The van der Waals surface area contributed by atoms with Crippen LogP contribution in [0, 0.1) is 6.92 Å². The van der Waals surface area contributed by atoms with Gasteiger partial charge in [0.2, 0.25) is 0 Å². The Bertz CT molecular complexity index is 839. The van der Waals surface area contributed by atoms with Crippen LogP contribution in [0.4, 0.5) is 5.13 Å². The van der Waals surface area contributed by atoms with Crippen molar-refractivity contribution >= 4 is 34.0 Å². The largest absolute Gasteiger partial charge is 0.361 e. The molecule has 0 saturated heterocycles. The second kappa shape index (κ2) is 6.52. The Kier molecular flexibility index (Phi) is 4.45. The van der Waals surface area contributed by atoms with Crippen LogP contribution in [0.15, 0.2) is 34.2 Å². The minimum absolute atomic E-state index is 0.252. The van der Waals surface area contributed by atoms with Gasteiger partial charge in [-0.3, -0.25) is 10.1 Å². The van der Waals surface area contributed by atoms with E-state index in [4.69, 9.17) is 16.1 Å². The molecule has 0 atom stereocenters. The SMILES string of the molecule is CCc1noc(C)c1C(=O)Nc1nc(-c2ccc(Cl)cc2)cs1. The first-order valence-electron chi connectivity index (χ1n) is 7.06. The number of hydrogen-bond acceptors (Lipinski definition) is 5. The van der Waals surface area contributed by atoms with E-state index in [2.05, 4.69) is 15.5 Å². The fraction of sp³-hybridized carbons (Fsp3) is 0.188. The van der Waals surface area contributed by atoms with Gasteiger partial charge in [0.25, 0.3) is 5.91 Å². The zero-order chi connectivity index (χ0) is 16.4. The Morgan fingerprint density at radius 2 is 2.09 bits per heavy atom. The molecular weight excluding hydrogens is 334 g/mol. The third-order valence-corrected chi connectivity index (χ3v) is 4.37. The monoisotopic (exact) mass is 347 g/mol. The molecule has 0 fully saturated rings. The molecule has 0 aliphatic heterocycles. The average molecular weight is 348 g/mol. The van der Waals surface area contributed by atoms with Gasteiger partial charge < -0.3 is 4.52 Å². The Balaban J connectivity index is 1.80. The standard InChI is InChI=1S/C16H14ClN3O2S/c1-3-12-14(9(2)22-20-12)15(21)19-16-18-13(8-23-16)10-4-6-11(17)7-5-10/h4-8H,3H2,1-2H3,(H,18,19,21). The molecule has 3 aromatic rings. The van der Waals surface area contributed by atoms with Crippen molar-refractivity contribution in [3.63, 3.8) is 0 Å². The molecule has 0 saturated carbocycles. The van der Waals surface area contributed by atoms with Gasteiger partial charge in [-0.2, -0.15) is 0 Å². The Morgan fingerprint density at radius 3 is 2.78 bits per heavy atom. The van der Waals surface area contributed by atoms with Gasteiger partial charge in [0, 0.05) is 16.0 Å². The van der Waals surface area contributed by atoms with Gasteiger partial charge in [-0.15, -0.1) is 11.3 Å². The first-order chi connectivity index (χ1) is 11.1. The van der Waals surface area contributed by atoms with Crippen molar-refractivity contribution in [2.75, 3.05) is 5.32 Å². The predicted molar refractivity (Wildman–Crippen MR) is 91.1 cm³/mol. The predicted octanol–water partition coefficient (Wildman–Crippen LogP) is 4.57. The summed E-state index contributed by atoms with van der Waals surface area (Å²) >= 11 is 7.25. The summed E-state index contributed by atoms with van der Waals surface area (Å²) in [6.45, 7) is 3.65. The number of hydrogen-bond donors (Lipinski definition) is 1. The van der Waals surface area contributed by atoms with Gasteiger partial charge in [-0.25, -0.2) is 4.98 Å². The number of anilines is 1. The van der Waals surface area contributed by atoms with Crippen molar-refractivity contribution in [2.24, 2.45) is 0 Å². The first-order valence-corrected chi connectivity index (χ1v) is 8.32. The Hall–Kier alpha value is -2.18. The highest BCUT2D eigenvalue weighted by atomic mass is 35.5. The van der Waals surface area contributed by atoms with Crippen LogP contribution in [-0.2, 0) is 6.42 Å². The quantitative estimate of drug-likeness (QED) is 0.750. The number of carbonyl (C=O) groups is 1. The van der Waals surface area contributed by atoms with Crippen LogP contribution in [0.25, 0.3) is 11.3 Å². The van der Waals surface area contributed by atoms with E-state index in [1.54, 1.807) is 6.92 Å². The fourth-order valence-electron chi connectivity index (χ4n) is 2.19. The lowest BCUT2D eigenvalue weighted by molar-refractivity contribution is 0.102. The highest BCUT2D eigenvalue weighted by Crippen LogP contribution is 2.26. The normalized spacial score (nSPS) is 10.7. The molecule has 2 aromatic heterocycles. The average Bonchev–Trinajstić information content (AvgIpc) is 3.14. The number of benzene rings is 1. The van der Waals surface area contributed by atoms with Crippen LogP contribution in [0.2, 0.25) is 5.02 Å². The number of amides is 1. The second-order valence-corrected chi connectivity index (χ2v) is 6.21. The lowest BCUT2D eigenvalue weighted by Gasteiger charge is -2.01. The zero-order valence-electron chi connectivity index (χ0n) is 12.6. The van der Waals surface area contributed by atoms with Gasteiger partial charge in [0.15, 0.2) is 5.13 Å². The minimum atomic E-state index is -0.252. The molecule has 1 N–H and O–H groups in total. The molecular formula is C16H14ClN3O2S. The Labute approximate surface area is 142 Å². The summed E-state index contributed by atoms with van der Waals surface area (Å²) in [5.41, 5.74) is 2.87. The number of aromatic nitrogens is 2. The van der Waals surface area contributed by atoms with Gasteiger partial charge in [-0.05, 0) is 25.5 Å². The molecule has 1 amide bonds. The maximum atomic E-state index is 12.4. The van der Waals surface area contributed by atoms with Gasteiger partial charge in [0.05, 0.1) is 11.4 Å². The Morgan fingerprint density at radius 1 is 1.35 bits per heavy atom. The zero-order valence-corrected chi connectivity index (χ0v) is 14.2. The molecule has 2 heterocycles. The molecule has 0 radical (unpaired) electrons. The third kappa shape index (κ3) is 3.28. The summed E-state index contributed by atoms with van der Waals surface area (Å²) in [4.78, 5) is 16.8. The number of halogens is 1. The molecule has 5 nitrogen and oxygen atoms in total.